The van der Waals surface area contributed by atoms with Crippen LogP contribution in [0, 0.1) is 12.7 Å². The van der Waals surface area contributed by atoms with Crippen molar-refractivity contribution < 1.29 is 13.6 Å². The summed E-state index contributed by atoms with van der Waals surface area (Å²) in [5.41, 5.74) is 3.03. The molecule has 0 aliphatic rings. The second kappa shape index (κ2) is 8.05. The Kier molecular flexibility index (Phi) is 5.31. The van der Waals surface area contributed by atoms with Crippen LogP contribution in [0.15, 0.2) is 76.1 Å². The standard InChI is InChI=1S/C22H17BrFN3O2/c1-14-11-18(23)29-20(14)22(28)26-21-19(16-7-9-17(24)10-8-16)25-13-27(21)12-15-5-3-2-4-6-15/h2-11,13H,12H2,1H3,(H,26,28). The molecule has 1 N–H and O–H groups in total. The number of halogens is 2. The number of aryl methyl sites for hydroxylation is 1. The molecule has 7 heteroatoms. The lowest BCUT2D eigenvalue weighted by Crippen LogP contribution is -2.16. The minimum atomic E-state index is -0.383. The van der Waals surface area contributed by atoms with Gasteiger partial charge >= 0.3 is 0 Å². The van der Waals surface area contributed by atoms with E-state index in [9.17, 15) is 9.18 Å². The van der Waals surface area contributed by atoms with Crippen LogP contribution in [0.3, 0.4) is 0 Å². The third-order valence-corrected chi connectivity index (χ3v) is 4.87. The van der Waals surface area contributed by atoms with Crippen molar-refractivity contribution in [3.63, 3.8) is 0 Å². The van der Waals surface area contributed by atoms with Crippen LogP contribution in [-0.2, 0) is 6.54 Å². The van der Waals surface area contributed by atoms with Crippen LogP contribution in [0.25, 0.3) is 11.3 Å². The fourth-order valence-corrected chi connectivity index (χ4v) is 3.57. The number of benzene rings is 2. The molecule has 4 rings (SSSR count). The van der Waals surface area contributed by atoms with Crippen molar-refractivity contribution in [2.45, 2.75) is 13.5 Å². The van der Waals surface area contributed by atoms with Gasteiger partial charge in [0.15, 0.2) is 10.4 Å². The quantitative estimate of drug-likeness (QED) is 0.424. The van der Waals surface area contributed by atoms with E-state index in [0.717, 1.165) is 5.56 Å². The maximum Gasteiger partial charge on any atom is 0.292 e. The first-order valence-corrected chi connectivity index (χ1v) is 9.73. The van der Waals surface area contributed by atoms with Gasteiger partial charge in [0.2, 0.25) is 0 Å². The summed E-state index contributed by atoms with van der Waals surface area (Å²) in [6.45, 7) is 2.32. The molecule has 0 fully saturated rings. The average molecular weight is 454 g/mol. The van der Waals surface area contributed by atoms with Gasteiger partial charge in [0.1, 0.15) is 17.3 Å². The molecule has 0 radical (unpaired) electrons. The van der Waals surface area contributed by atoms with Gasteiger partial charge in [-0.25, -0.2) is 9.37 Å². The number of aromatic nitrogens is 2. The van der Waals surface area contributed by atoms with Gasteiger partial charge in [-0.1, -0.05) is 30.3 Å². The van der Waals surface area contributed by atoms with Crippen LogP contribution < -0.4 is 5.32 Å². The highest BCUT2D eigenvalue weighted by Crippen LogP contribution is 2.29. The van der Waals surface area contributed by atoms with Crippen molar-refractivity contribution in [1.82, 2.24) is 9.55 Å². The molecule has 2 aromatic heterocycles. The van der Waals surface area contributed by atoms with E-state index in [4.69, 9.17) is 4.42 Å². The molecule has 4 aromatic rings. The minimum Gasteiger partial charge on any atom is -0.444 e. The number of hydrogen-bond donors (Lipinski definition) is 1. The van der Waals surface area contributed by atoms with Crippen molar-refractivity contribution in [3.05, 3.63) is 94.4 Å². The molecule has 0 saturated carbocycles. The molecular formula is C22H17BrFN3O2. The average Bonchev–Trinajstić information content (AvgIpc) is 3.26. The first kappa shape index (κ1) is 19.1. The first-order chi connectivity index (χ1) is 14.0. The van der Waals surface area contributed by atoms with Crippen molar-refractivity contribution >= 4 is 27.7 Å². The summed E-state index contributed by atoms with van der Waals surface area (Å²) in [7, 11) is 0. The molecule has 1 amide bonds. The summed E-state index contributed by atoms with van der Waals surface area (Å²) in [6, 6.07) is 17.6. The number of furan rings is 1. The molecule has 146 valence electrons. The lowest BCUT2D eigenvalue weighted by molar-refractivity contribution is 0.0994. The summed E-state index contributed by atoms with van der Waals surface area (Å²) < 4.78 is 21.2. The van der Waals surface area contributed by atoms with Gasteiger partial charge in [-0.2, -0.15) is 0 Å². The van der Waals surface area contributed by atoms with Crippen LogP contribution in [0.4, 0.5) is 10.2 Å². The highest BCUT2D eigenvalue weighted by molar-refractivity contribution is 9.10. The lowest BCUT2D eigenvalue weighted by Gasteiger charge is -2.11. The maximum absolute atomic E-state index is 13.4. The predicted molar refractivity (Wildman–Crippen MR) is 112 cm³/mol. The fourth-order valence-electron chi connectivity index (χ4n) is 3.07. The summed E-state index contributed by atoms with van der Waals surface area (Å²) in [6.07, 6.45) is 1.66. The predicted octanol–water partition coefficient (Wildman–Crippen LogP) is 5.65. The van der Waals surface area contributed by atoms with Crippen molar-refractivity contribution in [1.29, 1.82) is 0 Å². The summed E-state index contributed by atoms with van der Waals surface area (Å²) in [4.78, 5) is 17.3. The number of nitrogens with zero attached hydrogens (tertiary/aromatic N) is 2. The zero-order valence-electron chi connectivity index (χ0n) is 15.5. The molecule has 0 bridgehead atoms. The van der Waals surface area contributed by atoms with E-state index in [1.54, 1.807) is 31.5 Å². The molecule has 5 nitrogen and oxygen atoms in total. The Hall–Kier alpha value is -3.19. The number of imidazole rings is 1. The number of hydrogen-bond acceptors (Lipinski definition) is 3. The molecule has 2 heterocycles. The highest BCUT2D eigenvalue weighted by atomic mass is 79.9. The van der Waals surface area contributed by atoms with Gasteiger partial charge in [-0.3, -0.25) is 4.79 Å². The Morgan fingerprint density at radius 2 is 1.90 bits per heavy atom. The van der Waals surface area contributed by atoms with Crippen LogP contribution >= 0.6 is 15.9 Å². The number of carbonyl (C=O) groups is 1. The van der Waals surface area contributed by atoms with Crippen molar-refractivity contribution in [3.8, 4) is 11.3 Å². The zero-order valence-corrected chi connectivity index (χ0v) is 17.1. The second-order valence-electron chi connectivity index (χ2n) is 6.58. The molecule has 0 saturated heterocycles. The molecule has 2 aromatic carbocycles. The van der Waals surface area contributed by atoms with E-state index in [0.29, 0.717) is 33.9 Å². The van der Waals surface area contributed by atoms with E-state index in [1.807, 2.05) is 34.9 Å². The third-order valence-electron chi connectivity index (χ3n) is 4.48. The maximum atomic E-state index is 13.4. The van der Waals surface area contributed by atoms with Gasteiger partial charge in [-0.05, 0) is 58.7 Å². The number of nitrogens with one attached hydrogen (secondary N) is 1. The SMILES string of the molecule is Cc1cc(Br)oc1C(=O)Nc1c(-c2ccc(F)cc2)ncn1Cc1ccccc1. The van der Waals surface area contributed by atoms with Gasteiger partial charge in [0, 0.05) is 11.1 Å². The minimum absolute atomic E-state index is 0.217. The number of anilines is 1. The second-order valence-corrected chi connectivity index (χ2v) is 7.36. The van der Waals surface area contributed by atoms with Crippen molar-refractivity contribution in [2.24, 2.45) is 0 Å². The molecule has 0 aliphatic carbocycles. The van der Waals surface area contributed by atoms with Crippen LogP contribution in [-0.4, -0.2) is 15.5 Å². The van der Waals surface area contributed by atoms with E-state index in [2.05, 4.69) is 26.2 Å². The van der Waals surface area contributed by atoms with E-state index in [-0.39, 0.29) is 17.5 Å². The topological polar surface area (TPSA) is 60.1 Å². The van der Waals surface area contributed by atoms with Crippen LogP contribution in [0.5, 0.6) is 0 Å². The van der Waals surface area contributed by atoms with Crippen LogP contribution in [0.2, 0.25) is 0 Å². The van der Waals surface area contributed by atoms with Gasteiger partial charge in [-0.15, -0.1) is 0 Å². The van der Waals surface area contributed by atoms with E-state index < -0.39 is 0 Å². The van der Waals surface area contributed by atoms with Gasteiger partial charge < -0.3 is 14.3 Å². The molecule has 0 aliphatic heterocycles. The van der Waals surface area contributed by atoms with Crippen LogP contribution in [0.1, 0.15) is 21.7 Å². The summed E-state index contributed by atoms with van der Waals surface area (Å²) in [5.74, 6) is 0.0114. The van der Waals surface area contributed by atoms with Gasteiger partial charge in [0.05, 0.1) is 12.9 Å². The number of carbonyl (C=O) groups excluding carboxylic acids is 1. The Morgan fingerprint density at radius 3 is 2.55 bits per heavy atom. The van der Waals surface area contributed by atoms with E-state index in [1.165, 1.54) is 12.1 Å². The smallest absolute Gasteiger partial charge is 0.292 e. The lowest BCUT2D eigenvalue weighted by atomic mass is 10.1. The Bertz CT molecular complexity index is 1150. The molecular weight excluding hydrogens is 437 g/mol. The van der Waals surface area contributed by atoms with E-state index >= 15 is 0 Å². The fraction of sp³-hybridized carbons (Fsp3) is 0.0909. The summed E-state index contributed by atoms with van der Waals surface area (Å²) in [5, 5.41) is 2.92. The van der Waals surface area contributed by atoms with Crippen molar-refractivity contribution in [2.75, 3.05) is 5.32 Å². The molecule has 0 spiro atoms. The number of rotatable bonds is 5. The highest BCUT2D eigenvalue weighted by Gasteiger charge is 2.20. The Morgan fingerprint density at radius 1 is 1.17 bits per heavy atom. The largest absolute Gasteiger partial charge is 0.444 e. The first-order valence-electron chi connectivity index (χ1n) is 8.93. The summed E-state index contributed by atoms with van der Waals surface area (Å²) >= 11 is 3.25. The Labute approximate surface area is 175 Å². The number of amides is 1. The van der Waals surface area contributed by atoms with Gasteiger partial charge in [0.25, 0.3) is 5.91 Å². The molecule has 0 atom stereocenters. The monoisotopic (exact) mass is 453 g/mol. The normalized spacial score (nSPS) is 10.9. The zero-order chi connectivity index (χ0) is 20.4. The molecule has 29 heavy (non-hydrogen) atoms. The molecule has 0 unspecified atom stereocenters. The third kappa shape index (κ3) is 4.14. The Balaban J connectivity index is 1.73.